The Bertz CT molecular complexity index is 644. The number of nitrogens with one attached hydrogen (secondary N) is 2. The van der Waals surface area contributed by atoms with E-state index in [-0.39, 0.29) is 18.0 Å². The van der Waals surface area contributed by atoms with E-state index >= 15 is 0 Å². The summed E-state index contributed by atoms with van der Waals surface area (Å²) in [5, 5.41) is 2.05. The lowest BCUT2D eigenvalue weighted by Crippen LogP contribution is -2.45. The number of hydrogen-bond donors (Lipinski definition) is 2. The normalized spacial score (nSPS) is 20.6. The Hall–Kier alpha value is -1.21. The molecule has 2 N–H and O–H groups in total. The van der Waals surface area contributed by atoms with Crippen molar-refractivity contribution in [1.82, 2.24) is 15.8 Å². The average Bonchev–Trinajstić information content (AvgIpc) is 3.24. The Morgan fingerprint density at radius 2 is 2.09 bits per heavy atom. The SMILES string of the molecule is CCN(Cc1cccs1)C(=O)C1CC(c2ccc(Br)cc2)NN1. The first-order valence-electron chi connectivity index (χ1n) is 7.75. The van der Waals surface area contributed by atoms with Gasteiger partial charge in [0.15, 0.2) is 0 Å². The lowest BCUT2D eigenvalue weighted by atomic mass is 10.0. The summed E-state index contributed by atoms with van der Waals surface area (Å²) >= 11 is 5.14. The molecule has 0 aliphatic carbocycles. The van der Waals surface area contributed by atoms with Gasteiger partial charge in [-0.25, -0.2) is 10.9 Å². The molecule has 1 amide bonds. The number of benzene rings is 1. The summed E-state index contributed by atoms with van der Waals surface area (Å²) in [4.78, 5) is 15.9. The van der Waals surface area contributed by atoms with Gasteiger partial charge in [0.2, 0.25) is 5.91 Å². The van der Waals surface area contributed by atoms with Crippen LogP contribution >= 0.6 is 27.3 Å². The van der Waals surface area contributed by atoms with Crippen molar-refractivity contribution in [3.05, 3.63) is 56.7 Å². The molecular formula is C17H20BrN3OS. The van der Waals surface area contributed by atoms with Gasteiger partial charge in [-0.15, -0.1) is 11.3 Å². The van der Waals surface area contributed by atoms with Gasteiger partial charge < -0.3 is 4.90 Å². The highest BCUT2D eigenvalue weighted by Crippen LogP contribution is 2.25. The van der Waals surface area contributed by atoms with E-state index in [4.69, 9.17) is 0 Å². The Morgan fingerprint density at radius 3 is 2.74 bits per heavy atom. The van der Waals surface area contributed by atoms with Crippen molar-refractivity contribution in [2.75, 3.05) is 6.54 Å². The number of hydrogen-bond acceptors (Lipinski definition) is 4. The second-order valence-electron chi connectivity index (χ2n) is 5.61. The molecule has 1 aliphatic heterocycles. The summed E-state index contributed by atoms with van der Waals surface area (Å²) in [5.41, 5.74) is 7.61. The van der Waals surface area contributed by atoms with Crippen LogP contribution in [0.3, 0.4) is 0 Å². The zero-order valence-corrected chi connectivity index (χ0v) is 15.4. The Balaban J connectivity index is 1.62. The Morgan fingerprint density at radius 1 is 1.30 bits per heavy atom. The zero-order valence-electron chi connectivity index (χ0n) is 13.0. The molecule has 0 bridgehead atoms. The van der Waals surface area contributed by atoms with Crippen LogP contribution in [0, 0.1) is 0 Å². The van der Waals surface area contributed by atoms with E-state index in [0.29, 0.717) is 6.54 Å². The number of carbonyl (C=O) groups is 1. The van der Waals surface area contributed by atoms with Crippen molar-refractivity contribution in [3.8, 4) is 0 Å². The van der Waals surface area contributed by atoms with Crippen LogP contribution in [-0.2, 0) is 11.3 Å². The number of carbonyl (C=O) groups excluding carboxylic acids is 1. The minimum Gasteiger partial charge on any atom is -0.336 e. The van der Waals surface area contributed by atoms with E-state index < -0.39 is 0 Å². The molecule has 122 valence electrons. The van der Waals surface area contributed by atoms with Gasteiger partial charge in [0, 0.05) is 21.9 Å². The molecule has 1 aliphatic rings. The fourth-order valence-corrected chi connectivity index (χ4v) is 3.77. The standard InChI is InChI=1S/C17H20BrN3OS/c1-2-21(11-14-4-3-9-23-14)17(22)16-10-15(19-20-16)12-5-7-13(18)8-6-12/h3-9,15-16,19-20H,2,10-11H2,1H3. The second kappa shape index (κ2) is 7.57. The summed E-state index contributed by atoms with van der Waals surface area (Å²) in [6, 6.07) is 12.3. The van der Waals surface area contributed by atoms with Crippen molar-refractivity contribution in [2.24, 2.45) is 0 Å². The Kier molecular flexibility index (Phi) is 5.48. The van der Waals surface area contributed by atoms with E-state index in [1.807, 2.05) is 35.4 Å². The fraction of sp³-hybridized carbons (Fsp3) is 0.353. The maximum atomic E-state index is 12.8. The van der Waals surface area contributed by atoms with Gasteiger partial charge >= 0.3 is 0 Å². The minimum absolute atomic E-state index is 0.160. The maximum Gasteiger partial charge on any atom is 0.241 e. The van der Waals surface area contributed by atoms with Crippen molar-refractivity contribution in [1.29, 1.82) is 0 Å². The molecular weight excluding hydrogens is 374 g/mol. The molecule has 2 aromatic rings. The van der Waals surface area contributed by atoms with Gasteiger partial charge in [-0.1, -0.05) is 34.1 Å². The van der Waals surface area contributed by atoms with Crippen molar-refractivity contribution < 1.29 is 4.79 Å². The first-order chi connectivity index (χ1) is 11.2. The van der Waals surface area contributed by atoms with Crippen LogP contribution in [0.25, 0.3) is 0 Å². The van der Waals surface area contributed by atoms with Crippen LogP contribution in [0.1, 0.15) is 29.8 Å². The quantitative estimate of drug-likeness (QED) is 0.817. The summed E-state index contributed by atoms with van der Waals surface area (Å²) in [7, 11) is 0. The lowest BCUT2D eigenvalue weighted by Gasteiger charge is -2.23. The maximum absolute atomic E-state index is 12.8. The van der Waals surface area contributed by atoms with E-state index in [9.17, 15) is 4.79 Å². The van der Waals surface area contributed by atoms with Gasteiger partial charge in [0.1, 0.15) is 6.04 Å². The van der Waals surface area contributed by atoms with Crippen molar-refractivity contribution >= 4 is 33.2 Å². The summed E-state index contributed by atoms with van der Waals surface area (Å²) in [6.45, 7) is 3.44. The van der Waals surface area contributed by atoms with Crippen molar-refractivity contribution in [3.63, 3.8) is 0 Å². The highest BCUT2D eigenvalue weighted by Gasteiger charge is 2.32. The topological polar surface area (TPSA) is 44.4 Å². The molecule has 1 fully saturated rings. The molecule has 2 atom stereocenters. The lowest BCUT2D eigenvalue weighted by molar-refractivity contribution is -0.133. The van der Waals surface area contributed by atoms with Gasteiger partial charge in [-0.05, 0) is 42.5 Å². The molecule has 2 heterocycles. The van der Waals surface area contributed by atoms with Gasteiger partial charge in [0.25, 0.3) is 0 Å². The predicted molar refractivity (Wildman–Crippen MR) is 97.0 cm³/mol. The predicted octanol–water partition coefficient (Wildman–Crippen LogP) is 3.47. The van der Waals surface area contributed by atoms with E-state index in [1.54, 1.807) is 11.3 Å². The molecule has 2 unspecified atom stereocenters. The van der Waals surface area contributed by atoms with Crippen LogP contribution in [0.2, 0.25) is 0 Å². The highest BCUT2D eigenvalue weighted by atomic mass is 79.9. The number of nitrogens with zero attached hydrogens (tertiary/aromatic N) is 1. The first-order valence-corrected chi connectivity index (χ1v) is 9.42. The first kappa shape index (κ1) is 16.6. The molecule has 6 heteroatoms. The number of rotatable bonds is 5. The number of amides is 1. The number of halogens is 1. The summed E-state index contributed by atoms with van der Waals surface area (Å²) in [5.74, 6) is 0.160. The molecule has 1 aromatic carbocycles. The molecule has 1 aromatic heterocycles. The summed E-state index contributed by atoms with van der Waals surface area (Å²) < 4.78 is 1.06. The molecule has 1 saturated heterocycles. The average molecular weight is 394 g/mol. The van der Waals surface area contributed by atoms with E-state index in [1.165, 1.54) is 10.4 Å². The number of likely N-dealkylation sites (N-methyl/N-ethyl adjacent to an activating group) is 1. The third kappa shape index (κ3) is 4.01. The van der Waals surface area contributed by atoms with Gasteiger partial charge in [-0.3, -0.25) is 4.79 Å². The monoisotopic (exact) mass is 393 g/mol. The molecule has 0 radical (unpaired) electrons. The van der Waals surface area contributed by atoms with Crippen LogP contribution in [0.15, 0.2) is 46.3 Å². The number of hydrazine groups is 1. The van der Waals surface area contributed by atoms with Crippen LogP contribution < -0.4 is 10.9 Å². The third-order valence-electron chi connectivity index (χ3n) is 4.09. The molecule has 4 nitrogen and oxygen atoms in total. The van der Waals surface area contributed by atoms with Crippen molar-refractivity contribution in [2.45, 2.75) is 32.0 Å². The fourth-order valence-electron chi connectivity index (χ4n) is 2.79. The minimum atomic E-state index is -0.177. The Labute approximate surface area is 149 Å². The molecule has 3 rings (SSSR count). The van der Waals surface area contributed by atoms with Crippen LogP contribution in [0.5, 0.6) is 0 Å². The summed E-state index contributed by atoms with van der Waals surface area (Å²) in [6.07, 6.45) is 0.765. The van der Waals surface area contributed by atoms with E-state index in [2.05, 4.69) is 45.0 Å². The molecule has 0 spiro atoms. The van der Waals surface area contributed by atoms with Crippen LogP contribution in [-0.4, -0.2) is 23.4 Å². The van der Waals surface area contributed by atoms with Gasteiger partial charge in [-0.2, -0.15) is 0 Å². The third-order valence-corrected chi connectivity index (χ3v) is 5.48. The van der Waals surface area contributed by atoms with E-state index in [0.717, 1.165) is 17.4 Å². The van der Waals surface area contributed by atoms with Gasteiger partial charge in [0.05, 0.1) is 6.54 Å². The zero-order chi connectivity index (χ0) is 16.2. The second-order valence-corrected chi connectivity index (χ2v) is 7.56. The van der Waals surface area contributed by atoms with Crippen LogP contribution in [0.4, 0.5) is 0 Å². The molecule has 23 heavy (non-hydrogen) atoms. The largest absolute Gasteiger partial charge is 0.336 e. The highest BCUT2D eigenvalue weighted by molar-refractivity contribution is 9.10. The molecule has 0 saturated carbocycles. The smallest absolute Gasteiger partial charge is 0.241 e. The number of thiophene rings is 1.